The zero-order chi connectivity index (χ0) is 13.4. The molecular weight excluding hydrogens is 242 g/mol. The van der Waals surface area contributed by atoms with E-state index in [1.54, 1.807) is 11.3 Å². The van der Waals surface area contributed by atoms with Gasteiger partial charge in [-0.15, -0.1) is 10.2 Å². The Morgan fingerprint density at radius 1 is 1.06 bits per heavy atom. The highest BCUT2D eigenvalue weighted by Crippen LogP contribution is 2.30. The summed E-state index contributed by atoms with van der Waals surface area (Å²) >= 11 is 1.80. The van der Waals surface area contributed by atoms with Crippen LogP contribution in [0.1, 0.15) is 81.8 Å². The maximum absolute atomic E-state index is 4.42. The molecule has 1 N–H and O–H groups in total. The molecule has 0 radical (unpaired) electrons. The van der Waals surface area contributed by atoms with Crippen molar-refractivity contribution in [2.75, 3.05) is 6.54 Å². The Bertz CT molecular complexity index is 325. The lowest BCUT2D eigenvalue weighted by Crippen LogP contribution is -2.19. The third-order valence-electron chi connectivity index (χ3n) is 3.36. The molecule has 1 aromatic heterocycles. The number of aromatic nitrogens is 2. The molecule has 104 valence electrons. The Kier molecular flexibility index (Phi) is 7.44. The molecule has 0 aliphatic carbocycles. The minimum atomic E-state index is 0.380. The first-order valence-corrected chi connectivity index (χ1v) is 8.14. The van der Waals surface area contributed by atoms with Crippen molar-refractivity contribution in [3.05, 3.63) is 10.0 Å². The first kappa shape index (κ1) is 15.6. The van der Waals surface area contributed by atoms with E-state index in [9.17, 15) is 0 Å². The molecule has 0 spiro atoms. The topological polar surface area (TPSA) is 37.8 Å². The quantitative estimate of drug-likeness (QED) is 0.727. The van der Waals surface area contributed by atoms with Crippen LogP contribution in [0.3, 0.4) is 0 Å². The molecule has 4 heteroatoms. The normalized spacial score (nSPS) is 14.7. The Hall–Kier alpha value is -0.480. The molecule has 2 unspecified atom stereocenters. The Balaban J connectivity index is 2.70. The number of unbranched alkanes of at least 4 members (excludes halogenated alkanes) is 1. The van der Waals surface area contributed by atoms with Gasteiger partial charge in [0.15, 0.2) is 0 Å². The van der Waals surface area contributed by atoms with Crippen LogP contribution in [0.25, 0.3) is 0 Å². The van der Waals surface area contributed by atoms with Gasteiger partial charge in [-0.3, -0.25) is 0 Å². The third kappa shape index (κ3) is 4.32. The van der Waals surface area contributed by atoms with Crippen molar-refractivity contribution < 1.29 is 0 Å². The van der Waals surface area contributed by atoms with Gasteiger partial charge in [0, 0.05) is 5.92 Å². The largest absolute Gasteiger partial charge is 0.308 e. The van der Waals surface area contributed by atoms with E-state index in [1.165, 1.54) is 30.7 Å². The lowest BCUT2D eigenvalue weighted by molar-refractivity contribution is 0.529. The summed E-state index contributed by atoms with van der Waals surface area (Å²) in [5, 5.41) is 14.7. The van der Waals surface area contributed by atoms with Gasteiger partial charge in [-0.05, 0) is 25.8 Å². The Morgan fingerprint density at radius 3 is 2.33 bits per heavy atom. The van der Waals surface area contributed by atoms with E-state index in [1.807, 2.05) is 0 Å². The predicted molar refractivity (Wildman–Crippen MR) is 79.2 cm³/mol. The van der Waals surface area contributed by atoms with Gasteiger partial charge >= 0.3 is 0 Å². The fourth-order valence-electron chi connectivity index (χ4n) is 2.16. The van der Waals surface area contributed by atoms with E-state index < -0.39 is 0 Å². The zero-order valence-electron chi connectivity index (χ0n) is 12.2. The number of rotatable bonds is 9. The Morgan fingerprint density at radius 2 is 1.78 bits per heavy atom. The van der Waals surface area contributed by atoms with Crippen LogP contribution in [-0.4, -0.2) is 16.7 Å². The van der Waals surface area contributed by atoms with Crippen molar-refractivity contribution in [1.29, 1.82) is 0 Å². The van der Waals surface area contributed by atoms with Crippen molar-refractivity contribution in [3.63, 3.8) is 0 Å². The van der Waals surface area contributed by atoms with Gasteiger partial charge in [0.25, 0.3) is 0 Å². The van der Waals surface area contributed by atoms with Gasteiger partial charge in [-0.25, -0.2) is 0 Å². The highest BCUT2D eigenvalue weighted by Gasteiger charge is 2.18. The summed E-state index contributed by atoms with van der Waals surface area (Å²) in [5.41, 5.74) is 0. The summed E-state index contributed by atoms with van der Waals surface area (Å²) in [6, 6.07) is 0.380. The molecule has 3 nitrogen and oxygen atoms in total. The molecule has 18 heavy (non-hydrogen) atoms. The van der Waals surface area contributed by atoms with Crippen molar-refractivity contribution in [2.45, 2.75) is 71.8 Å². The lowest BCUT2D eigenvalue weighted by atomic mass is 10.0. The smallest absolute Gasteiger partial charge is 0.134 e. The number of hydrogen-bond acceptors (Lipinski definition) is 4. The summed E-state index contributed by atoms with van der Waals surface area (Å²) < 4.78 is 0. The molecule has 0 saturated carbocycles. The zero-order valence-corrected chi connectivity index (χ0v) is 13.0. The summed E-state index contributed by atoms with van der Waals surface area (Å²) in [6.07, 6.45) is 6.05. The fraction of sp³-hybridized carbons (Fsp3) is 0.857. The SMILES string of the molecule is CCCCC(CC)c1nnc(C(CC)NCC)s1. The van der Waals surface area contributed by atoms with Crippen LogP contribution in [0.2, 0.25) is 0 Å². The van der Waals surface area contributed by atoms with E-state index in [0.717, 1.165) is 18.0 Å². The number of hydrogen-bond donors (Lipinski definition) is 1. The molecule has 1 heterocycles. The first-order valence-electron chi connectivity index (χ1n) is 7.33. The van der Waals surface area contributed by atoms with Crippen LogP contribution in [0.5, 0.6) is 0 Å². The second kappa shape index (κ2) is 8.59. The maximum Gasteiger partial charge on any atom is 0.134 e. The monoisotopic (exact) mass is 269 g/mol. The summed E-state index contributed by atoms with van der Waals surface area (Å²) in [4.78, 5) is 0. The average molecular weight is 269 g/mol. The van der Waals surface area contributed by atoms with Crippen LogP contribution in [0.4, 0.5) is 0 Å². The highest BCUT2D eigenvalue weighted by atomic mass is 32.1. The molecule has 0 bridgehead atoms. The predicted octanol–water partition coefficient (Wildman–Crippen LogP) is 4.28. The van der Waals surface area contributed by atoms with Gasteiger partial charge in [-0.2, -0.15) is 0 Å². The van der Waals surface area contributed by atoms with Gasteiger partial charge in [0.1, 0.15) is 10.0 Å². The standard InChI is InChI=1S/C14H27N3S/c1-5-9-10-11(6-2)13-16-17-14(18-13)12(7-3)15-8-4/h11-12,15H,5-10H2,1-4H3. The average Bonchev–Trinajstić information content (AvgIpc) is 2.86. The fourth-order valence-corrected chi connectivity index (χ4v) is 3.38. The Labute approximate surface area is 115 Å². The van der Waals surface area contributed by atoms with Crippen LogP contribution in [0, 0.1) is 0 Å². The van der Waals surface area contributed by atoms with E-state index in [4.69, 9.17) is 0 Å². The van der Waals surface area contributed by atoms with E-state index in [0.29, 0.717) is 12.0 Å². The van der Waals surface area contributed by atoms with Gasteiger partial charge < -0.3 is 5.32 Å². The molecule has 0 aliphatic heterocycles. The van der Waals surface area contributed by atoms with Crippen LogP contribution < -0.4 is 5.32 Å². The minimum Gasteiger partial charge on any atom is -0.308 e. The maximum atomic E-state index is 4.42. The van der Waals surface area contributed by atoms with Gasteiger partial charge in [0.05, 0.1) is 6.04 Å². The van der Waals surface area contributed by atoms with Gasteiger partial charge in [-0.1, -0.05) is 51.9 Å². The van der Waals surface area contributed by atoms with Crippen LogP contribution in [-0.2, 0) is 0 Å². The van der Waals surface area contributed by atoms with Gasteiger partial charge in [0.2, 0.25) is 0 Å². The van der Waals surface area contributed by atoms with Crippen molar-refractivity contribution >= 4 is 11.3 Å². The van der Waals surface area contributed by atoms with E-state index in [2.05, 4.69) is 43.2 Å². The second-order valence-electron chi connectivity index (χ2n) is 4.74. The molecule has 1 aromatic rings. The van der Waals surface area contributed by atoms with Crippen LogP contribution >= 0.6 is 11.3 Å². The number of nitrogens with one attached hydrogen (secondary N) is 1. The van der Waals surface area contributed by atoms with Crippen molar-refractivity contribution in [3.8, 4) is 0 Å². The molecule has 0 fully saturated rings. The molecule has 0 aromatic carbocycles. The summed E-state index contributed by atoms with van der Waals surface area (Å²) in [5.74, 6) is 0.607. The third-order valence-corrected chi connectivity index (χ3v) is 4.56. The molecule has 2 atom stereocenters. The van der Waals surface area contributed by atoms with E-state index >= 15 is 0 Å². The lowest BCUT2D eigenvalue weighted by Gasteiger charge is -2.12. The minimum absolute atomic E-state index is 0.380. The molecule has 0 saturated heterocycles. The molecule has 1 rings (SSSR count). The first-order chi connectivity index (χ1) is 8.76. The van der Waals surface area contributed by atoms with Crippen LogP contribution in [0.15, 0.2) is 0 Å². The van der Waals surface area contributed by atoms with Crippen molar-refractivity contribution in [2.24, 2.45) is 0 Å². The molecule has 0 aliphatic rings. The highest BCUT2D eigenvalue weighted by molar-refractivity contribution is 7.11. The summed E-state index contributed by atoms with van der Waals surface area (Å²) in [6.45, 7) is 9.82. The second-order valence-corrected chi connectivity index (χ2v) is 5.79. The number of nitrogens with zero attached hydrogens (tertiary/aromatic N) is 2. The summed E-state index contributed by atoms with van der Waals surface area (Å²) in [7, 11) is 0. The van der Waals surface area contributed by atoms with Crippen molar-refractivity contribution in [1.82, 2.24) is 15.5 Å². The molecule has 0 amide bonds. The van der Waals surface area contributed by atoms with E-state index in [-0.39, 0.29) is 0 Å². The molecular formula is C14H27N3S.